The monoisotopic (exact) mass is 349 g/mol. The van der Waals surface area contributed by atoms with Crippen molar-refractivity contribution in [3.8, 4) is 11.3 Å². The van der Waals surface area contributed by atoms with Crippen molar-refractivity contribution in [2.45, 2.75) is 6.42 Å². The van der Waals surface area contributed by atoms with Gasteiger partial charge in [-0.25, -0.2) is 0 Å². The molecule has 2 aromatic carbocycles. The molecule has 0 fully saturated rings. The van der Waals surface area contributed by atoms with Crippen LogP contribution in [0.25, 0.3) is 11.3 Å². The number of hydrogen-bond donors (Lipinski definition) is 2. The number of aromatic nitrogens is 1. The minimum Gasteiger partial charge on any atom is -0.355 e. The van der Waals surface area contributed by atoms with Gasteiger partial charge in [-0.1, -0.05) is 48.0 Å². The van der Waals surface area contributed by atoms with Gasteiger partial charge in [0, 0.05) is 29.2 Å². The fourth-order valence-corrected chi connectivity index (χ4v) is 3.18. The molecule has 0 saturated heterocycles. The van der Waals surface area contributed by atoms with Gasteiger partial charge < -0.3 is 10.6 Å². The molecule has 5 heteroatoms. The Bertz CT molecular complexity index is 941. The molecule has 0 atom stereocenters. The molecule has 2 N–H and O–H groups in total. The highest BCUT2D eigenvalue weighted by Crippen LogP contribution is 2.30. The van der Waals surface area contributed by atoms with E-state index in [0.717, 1.165) is 28.3 Å². The fraction of sp³-hybridized carbons (Fsp3) is 0.100. The van der Waals surface area contributed by atoms with Gasteiger partial charge in [0.1, 0.15) is 0 Å². The lowest BCUT2D eigenvalue weighted by molar-refractivity contribution is 0.0946. The van der Waals surface area contributed by atoms with Crippen molar-refractivity contribution in [3.05, 3.63) is 76.9 Å². The van der Waals surface area contributed by atoms with Crippen molar-refractivity contribution in [1.82, 2.24) is 10.3 Å². The molecule has 0 unspecified atom stereocenters. The molecule has 124 valence electrons. The number of pyridine rings is 1. The Kier molecular flexibility index (Phi) is 4.12. The van der Waals surface area contributed by atoms with Crippen molar-refractivity contribution < 1.29 is 4.79 Å². The van der Waals surface area contributed by atoms with Gasteiger partial charge in [-0.15, -0.1) is 0 Å². The zero-order chi connectivity index (χ0) is 17.2. The highest BCUT2D eigenvalue weighted by Gasteiger charge is 2.23. The largest absolute Gasteiger partial charge is 0.355 e. The van der Waals surface area contributed by atoms with Crippen LogP contribution in [0.4, 0.5) is 11.4 Å². The van der Waals surface area contributed by atoms with Gasteiger partial charge in [0.25, 0.3) is 5.91 Å². The van der Waals surface area contributed by atoms with E-state index in [1.807, 2.05) is 60.7 Å². The highest BCUT2D eigenvalue weighted by atomic mass is 35.5. The highest BCUT2D eigenvalue weighted by molar-refractivity contribution is 6.30. The third-order valence-electron chi connectivity index (χ3n) is 4.14. The van der Waals surface area contributed by atoms with Crippen molar-refractivity contribution in [2.75, 3.05) is 11.9 Å². The molecule has 0 bridgehead atoms. The number of nitrogens with one attached hydrogen (secondary N) is 2. The number of anilines is 2. The van der Waals surface area contributed by atoms with E-state index in [-0.39, 0.29) is 5.91 Å². The maximum Gasteiger partial charge on any atom is 0.255 e. The summed E-state index contributed by atoms with van der Waals surface area (Å²) in [6.07, 6.45) is 0.714. The molecule has 4 nitrogen and oxygen atoms in total. The maximum atomic E-state index is 12.4. The average Bonchev–Trinajstić information content (AvgIpc) is 2.62. The van der Waals surface area contributed by atoms with Crippen LogP contribution in [0, 0.1) is 0 Å². The fourth-order valence-electron chi connectivity index (χ4n) is 2.99. The summed E-state index contributed by atoms with van der Waals surface area (Å²) >= 11 is 6.08. The quantitative estimate of drug-likeness (QED) is 0.735. The smallest absolute Gasteiger partial charge is 0.255 e. The van der Waals surface area contributed by atoms with Crippen LogP contribution in [0.5, 0.6) is 0 Å². The average molecular weight is 350 g/mol. The Labute approximate surface area is 150 Å². The van der Waals surface area contributed by atoms with E-state index in [4.69, 9.17) is 16.6 Å². The summed E-state index contributed by atoms with van der Waals surface area (Å²) < 4.78 is 0. The predicted molar refractivity (Wildman–Crippen MR) is 100 cm³/mol. The molecule has 1 amide bonds. The molecule has 0 saturated carbocycles. The molecule has 1 aliphatic rings. The Balaban J connectivity index is 1.84. The minimum atomic E-state index is -0.0992. The second-order valence-corrected chi connectivity index (χ2v) is 6.32. The minimum absolute atomic E-state index is 0.0992. The van der Waals surface area contributed by atoms with Gasteiger partial charge in [-0.05, 0) is 24.3 Å². The normalized spacial score (nSPS) is 13.1. The van der Waals surface area contributed by atoms with Gasteiger partial charge in [-0.2, -0.15) is 0 Å². The van der Waals surface area contributed by atoms with Crippen molar-refractivity contribution in [1.29, 1.82) is 0 Å². The Morgan fingerprint density at radius 2 is 1.88 bits per heavy atom. The number of amides is 1. The van der Waals surface area contributed by atoms with E-state index in [1.165, 1.54) is 0 Å². The molecule has 0 spiro atoms. The second-order valence-electron chi connectivity index (χ2n) is 5.88. The summed E-state index contributed by atoms with van der Waals surface area (Å²) in [5, 5.41) is 6.86. The molecule has 2 heterocycles. The van der Waals surface area contributed by atoms with Crippen LogP contribution < -0.4 is 10.6 Å². The van der Waals surface area contributed by atoms with Gasteiger partial charge >= 0.3 is 0 Å². The van der Waals surface area contributed by atoms with Gasteiger partial charge in [0.05, 0.1) is 22.6 Å². The number of halogens is 1. The predicted octanol–water partition coefficient (Wildman–Crippen LogP) is 4.43. The lowest BCUT2D eigenvalue weighted by Gasteiger charge is -2.21. The van der Waals surface area contributed by atoms with Gasteiger partial charge in [0.15, 0.2) is 0 Å². The van der Waals surface area contributed by atoms with Crippen LogP contribution >= 0.6 is 11.6 Å². The Morgan fingerprint density at radius 3 is 2.68 bits per heavy atom. The van der Waals surface area contributed by atoms with E-state index in [1.54, 1.807) is 0 Å². The first-order chi connectivity index (χ1) is 12.2. The zero-order valence-electron chi connectivity index (χ0n) is 13.4. The summed E-state index contributed by atoms with van der Waals surface area (Å²) in [7, 11) is 0. The van der Waals surface area contributed by atoms with E-state index in [9.17, 15) is 4.79 Å². The number of nitrogens with zero attached hydrogens (tertiary/aromatic N) is 1. The van der Waals surface area contributed by atoms with E-state index >= 15 is 0 Å². The molecular formula is C20H16ClN3O. The van der Waals surface area contributed by atoms with Crippen molar-refractivity contribution in [3.63, 3.8) is 0 Å². The summed E-state index contributed by atoms with van der Waals surface area (Å²) in [6, 6.07) is 19.3. The second kappa shape index (κ2) is 6.57. The Hall–Kier alpha value is -2.85. The summed E-state index contributed by atoms with van der Waals surface area (Å²) in [5.74, 6) is -0.0992. The SMILES string of the molecule is O=C1NCCc2nc(-c3ccccc3)cc(Nc3cccc(Cl)c3)c21. The third kappa shape index (κ3) is 3.21. The molecule has 1 aromatic heterocycles. The van der Waals surface area contributed by atoms with Gasteiger partial charge in [0.2, 0.25) is 0 Å². The number of benzene rings is 2. The topological polar surface area (TPSA) is 54.0 Å². The molecule has 3 aromatic rings. The lowest BCUT2D eigenvalue weighted by Crippen LogP contribution is -2.33. The van der Waals surface area contributed by atoms with Gasteiger partial charge in [-0.3, -0.25) is 9.78 Å². The van der Waals surface area contributed by atoms with E-state index in [0.29, 0.717) is 23.6 Å². The van der Waals surface area contributed by atoms with Crippen LogP contribution in [-0.2, 0) is 6.42 Å². The number of rotatable bonds is 3. The first-order valence-electron chi connectivity index (χ1n) is 8.11. The Morgan fingerprint density at radius 1 is 1.04 bits per heavy atom. The molecular weight excluding hydrogens is 334 g/mol. The third-order valence-corrected chi connectivity index (χ3v) is 4.38. The molecule has 25 heavy (non-hydrogen) atoms. The first kappa shape index (κ1) is 15.7. The standard InChI is InChI=1S/C20H16ClN3O/c21-14-7-4-8-15(11-14)23-18-12-17(13-5-2-1-3-6-13)24-16-9-10-22-20(25)19(16)18/h1-8,11-12H,9-10H2,(H,22,25)(H,23,24). The maximum absolute atomic E-state index is 12.4. The van der Waals surface area contributed by atoms with Crippen LogP contribution in [-0.4, -0.2) is 17.4 Å². The number of fused-ring (bicyclic) bond motifs is 1. The lowest BCUT2D eigenvalue weighted by atomic mass is 10.0. The van der Waals surface area contributed by atoms with Crippen molar-refractivity contribution in [2.24, 2.45) is 0 Å². The van der Waals surface area contributed by atoms with Crippen LogP contribution in [0.3, 0.4) is 0 Å². The summed E-state index contributed by atoms with van der Waals surface area (Å²) in [6.45, 7) is 0.605. The number of hydrogen-bond acceptors (Lipinski definition) is 3. The van der Waals surface area contributed by atoms with Crippen molar-refractivity contribution >= 4 is 28.9 Å². The van der Waals surface area contributed by atoms with Crippen LogP contribution in [0.2, 0.25) is 5.02 Å². The molecule has 0 aliphatic carbocycles. The number of carbonyl (C=O) groups is 1. The van der Waals surface area contributed by atoms with E-state index in [2.05, 4.69) is 10.6 Å². The molecule has 4 rings (SSSR count). The summed E-state index contributed by atoms with van der Waals surface area (Å²) in [5.41, 5.74) is 4.85. The van der Waals surface area contributed by atoms with Crippen LogP contribution in [0.1, 0.15) is 16.1 Å². The zero-order valence-corrected chi connectivity index (χ0v) is 14.2. The van der Waals surface area contributed by atoms with E-state index < -0.39 is 0 Å². The number of carbonyl (C=O) groups excluding carboxylic acids is 1. The van der Waals surface area contributed by atoms with Crippen LogP contribution in [0.15, 0.2) is 60.7 Å². The molecule has 1 aliphatic heterocycles. The summed E-state index contributed by atoms with van der Waals surface area (Å²) in [4.78, 5) is 17.1. The molecule has 0 radical (unpaired) electrons. The first-order valence-corrected chi connectivity index (χ1v) is 8.48.